The SMILES string of the molecule is O=C(NC1N=C(c2cccnc2)c2ccccc2N(CC(=O)C2CCCC2)C1=O)OCc1ccccc1. The zero-order valence-electron chi connectivity index (χ0n) is 20.4. The molecule has 1 saturated carbocycles. The molecule has 3 aromatic rings. The number of nitrogens with zero attached hydrogens (tertiary/aromatic N) is 3. The maximum atomic E-state index is 13.8. The van der Waals surface area contributed by atoms with Gasteiger partial charge in [-0.25, -0.2) is 9.79 Å². The number of amides is 2. The number of para-hydroxylation sites is 1. The number of Topliss-reactive ketones (excluding diaryl/α,β-unsaturated/α-hetero) is 1. The van der Waals surface area contributed by atoms with Gasteiger partial charge in [0, 0.05) is 29.4 Å². The molecule has 37 heavy (non-hydrogen) atoms. The lowest BCUT2D eigenvalue weighted by atomic mass is 9.99. The van der Waals surface area contributed by atoms with Crippen LogP contribution in [-0.4, -0.2) is 41.2 Å². The second-order valence-electron chi connectivity index (χ2n) is 9.22. The molecule has 2 aliphatic rings. The number of benzodiazepines with no additional fused rings is 1. The predicted octanol–water partition coefficient (Wildman–Crippen LogP) is 4.28. The number of ketones is 1. The summed E-state index contributed by atoms with van der Waals surface area (Å²) in [5.41, 5.74) is 3.27. The first-order valence-corrected chi connectivity index (χ1v) is 12.5. The van der Waals surface area contributed by atoms with E-state index in [1.165, 1.54) is 4.90 Å². The molecule has 0 saturated heterocycles. The molecule has 0 bridgehead atoms. The lowest BCUT2D eigenvalue weighted by molar-refractivity contribution is -0.125. The number of nitrogens with one attached hydrogen (secondary N) is 1. The smallest absolute Gasteiger partial charge is 0.409 e. The third kappa shape index (κ3) is 5.58. The highest BCUT2D eigenvalue weighted by Gasteiger charge is 2.36. The van der Waals surface area contributed by atoms with Crippen LogP contribution in [-0.2, 0) is 20.9 Å². The van der Waals surface area contributed by atoms with Gasteiger partial charge in [0.05, 0.1) is 17.9 Å². The number of pyridine rings is 1. The largest absolute Gasteiger partial charge is 0.445 e. The number of benzene rings is 2. The van der Waals surface area contributed by atoms with Crippen LogP contribution < -0.4 is 10.2 Å². The number of carbonyl (C=O) groups excluding carboxylic acids is 3. The second-order valence-corrected chi connectivity index (χ2v) is 9.22. The molecule has 1 atom stereocenters. The summed E-state index contributed by atoms with van der Waals surface area (Å²) in [7, 11) is 0. The molecule has 1 aliphatic carbocycles. The van der Waals surface area contributed by atoms with Crippen LogP contribution in [0.5, 0.6) is 0 Å². The molecule has 0 spiro atoms. The van der Waals surface area contributed by atoms with Crippen molar-refractivity contribution in [1.29, 1.82) is 0 Å². The summed E-state index contributed by atoms with van der Waals surface area (Å²) >= 11 is 0. The zero-order valence-corrected chi connectivity index (χ0v) is 20.4. The fraction of sp³-hybridized carbons (Fsp3) is 0.276. The van der Waals surface area contributed by atoms with E-state index < -0.39 is 18.2 Å². The van der Waals surface area contributed by atoms with Gasteiger partial charge >= 0.3 is 6.09 Å². The van der Waals surface area contributed by atoms with Gasteiger partial charge in [-0.15, -0.1) is 0 Å². The Morgan fingerprint density at radius 3 is 2.49 bits per heavy atom. The number of hydrogen-bond acceptors (Lipinski definition) is 6. The monoisotopic (exact) mass is 496 g/mol. The summed E-state index contributed by atoms with van der Waals surface area (Å²) in [5, 5.41) is 2.61. The minimum absolute atomic E-state index is 0.0240. The van der Waals surface area contributed by atoms with Crippen LogP contribution in [0.15, 0.2) is 84.1 Å². The highest BCUT2D eigenvalue weighted by atomic mass is 16.5. The van der Waals surface area contributed by atoms with Crippen molar-refractivity contribution < 1.29 is 19.1 Å². The summed E-state index contributed by atoms with van der Waals surface area (Å²) in [6, 6.07) is 20.2. The zero-order chi connectivity index (χ0) is 25.6. The number of aliphatic imine (C=N–C) groups is 1. The minimum Gasteiger partial charge on any atom is -0.445 e. The summed E-state index contributed by atoms with van der Waals surface area (Å²) in [6.07, 6.45) is 4.98. The summed E-state index contributed by atoms with van der Waals surface area (Å²) in [6.45, 7) is -0.0234. The van der Waals surface area contributed by atoms with Gasteiger partial charge in [-0.05, 0) is 36.6 Å². The van der Waals surface area contributed by atoms with Crippen LogP contribution >= 0.6 is 0 Å². The Morgan fingerprint density at radius 1 is 0.973 bits per heavy atom. The fourth-order valence-electron chi connectivity index (χ4n) is 4.83. The normalized spacial score (nSPS) is 17.5. The molecule has 1 aliphatic heterocycles. The van der Waals surface area contributed by atoms with Gasteiger partial charge in [0.1, 0.15) is 6.61 Å². The Bertz CT molecular complexity index is 1300. The first-order chi connectivity index (χ1) is 18.1. The van der Waals surface area contributed by atoms with Gasteiger partial charge in [0.25, 0.3) is 5.91 Å². The van der Waals surface area contributed by atoms with E-state index in [0.717, 1.165) is 31.2 Å². The average molecular weight is 497 g/mol. The van der Waals surface area contributed by atoms with E-state index in [1.54, 1.807) is 24.5 Å². The Labute approximate surface area is 215 Å². The van der Waals surface area contributed by atoms with E-state index in [0.29, 0.717) is 22.5 Å². The lowest BCUT2D eigenvalue weighted by Gasteiger charge is -2.26. The molecule has 8 heteroatoms. The number of hydrogen-bond donors (Lipinski definition) is 1. The van der Waals surface area contributed by atoms with Crippen LogP contribution in [0.2, 0.25) is 0 Å². The number of carbonyl (C=O) groups is 3. The molecule has 2 aromatic carbocycles. The quantitative estimate of drug-likeness (QED) is 0.526. The molecule has 188 valence electrons. The molecule has 2 heterocycles. The van der Waals surface area contributed by atoms with Crippen molar-refractivity contribution in [3.63, 3.8) is 0 Å². The number of anilines is 1. The van der Waals surface area contributed by atoms with Crippen molar-refractivity contribution in [3.05, 3.63) is 95.8 Å². The van der Waals surface area contributed by atoms with Crippen molar-refractivity contribution in [2.24, 2.45) is 10.9 Å². The Hall–Kier alpha value is -4.33. The van der Waals surface area contributed by atoms with Crippen LogP contribution in [0.1, 0.15) is 42.4 Å². The van der Waals surface area contributed by atoms with Gasteiger partial charge < -0.3 is 9.64 Å². The standard InChI is InChI=1S/C29H28N4O4/c34-25(21-11-4-5-12-21)18-33-24-15-7-6-14-23(24)26(22-13-8-16-30-17-22)31-27(28(33)35)32-29(36)37-19-20-9-2-1-3-10-20/h1-3,6-10,13-17,21,27H,4-5,11-12,18-19H2,(H,32,36). The van der Waals surface area contributed by atoms with Crippen LogP contribution in [0.25, 0.3) is 0 Å². The third-order valence-electron chi connectivity index (χ3n) is 6.73. The molecule has 8 nitrogen and oxygen atoms in total. The number of ether oxygens (including phenoxy) is 1. The van der Waals surface area contributed by atoms with Crippen LogP contribution in [0.4, 0.5) is 10.5 Å². The minimum atomic E-state index is -1.28. The van der Waals surface area contributed by atoms with Gasteiger partial charge in [-0.1, -0.05) is 61.4 Å². The second kappa shape index (κ2) is 11.2. The van der Waals surface area contributed by atoms with Gasteiger partial charge in [-0.2, -0.15) is 0 Å². The van der Waals surface area contributed by atoms with Crippen molar-refractivity contribution in [2.75, 3.05) is 11.4 Å². The summed E-state index contributed by atoms with van der Waals surface area (Å²) < 4.78 is 5.37. The van der Waals surface area contributed by atoms with Crippen molar-refractivity contribution in [1.82, 2.24) is 10.3 Å². The van der Waals surface area contributed by atoms with Gasteiger partial charge in [-0.3, -0.25) is 19.9 Å². The molecular formula is C29H28N4O4. The average Bonchev–Trinajstić information content (AvgIpc) is 3.46. The topological polar surface area (TPSA) is 101 Å². The van der Waals surface area contributed by atoms with Crippen molar-refractivity contribution >= 4 is 29.2 Å². The molecule has 1 aromatic heterocycles. The number of aromatic nitrogens is 1. The maximum Gasteiger partial charge on any atom is 0.409 e. The molecule has 1 unspecified atom stereocenters. The first-order valence-electron chi connectivity index (χ1n) is 12.5. The van der Waals surface area contributed by atoms with E-state index in [4.69, 9.17) is 4.74 Å². The van der Waals surface area contributed by atoms with Crippen LogP contribution in [0.3, 0.4) is 0 Å². The predicted molar refractivity (Wildman–Crippen MR) is 139 cm³/mol. The molecular weight excluding hydrogens is 468 g/mol. The molecule has 5 rings (SSSR count). The van der Waals surface area contributed by atoms with E-state index in [1.807, 2.05) is 54.6 Å². The Kier molecular flexibility index (Phi) is 7.35. The van der Waals surface area contributed by atoms with E-state index in [-0.39, 0.29) is 24.9 Å². The molecule has 0 radical (unpaired) electrons. The summed E-state index contributed by atoms with van der Waals surface area (Å²) in [4.78, 5) is 50.1. The van der Waals surface area contributed by atoms with Crippen molar-refractivity contribution in [3.8, 4) is 0 Å². The Balaban J connectivity index is 1.47. The number of fused-ring (bicyclic) bond motifs is 1. The third-order valence-corrected chi connectivity index (χ3v) is 6.73. The summed E-state index contributed by atoms with van der Waals surface area (Å²) in [5.74, 6) is -0.519. The van der Waals surface area contributed by atoms with E-state index in [2.05, 4.69) is 15.3 Å². The highest BCUT2D eigenvalue weighted by molar-refractivity contribution is 6.20. The Morgan fingerprint density at radius 2 is 1.73 bits per heavy atom. The number of rotatable bonds is 7. The van der Waals surface area contributed by atoms with Crippen molar-refractivity contribution in [2.45, 2.75) is 38.5 Å². The molecule has 1 N–H and O–H groups in total. The fourth-order valence-corrected chi connectivity index (χ4v) is 4.83. The van der Waals surface area contributed by atoms with Gasteiger partial charge in [0.15, 0.2) is 5.78 Å². The molecule has 1 fully saturated rings. The van der Waals surface area contributed by atoms with Crippen LogP contribution in [0, 0.1) is 5.92 Å². The van der Waals surface area contributed by atoms with E-state index in [9.17, 15) is 14.4 Å². The van der Waals surface area contributed by atoms with E-state index >= 15 is 0 Å². The van der Waals surface area contributed by atoms with Gasteiger partial charge in [0.2, 0.25) is 6.17 Å². The highest BCUT2D eigenvalue weighted by Crippen LogP contribution is 2.30. The molecule has 2 amide bonds. The first kappa shape index (κ1) is 24.4. The maximum absolute atomic E-state index is 13.8. The lowest BCUT2D eigenvalue weighted by Crippen LogP contribution is -2.49. The number of alkyl carbamates (subject to hydrolysis) is 1.